The molecule has 0 heterocycles. The number of benzene rings is 2. The van der Waals surface area contributed by atoms with E-state index in [0.29, 0.717) is 22.7 Å². The van der Waals surface area contributed by atoms with Crippen LogP contribution in [0, 0.1) is 27.0 Å². The molecule has 0 aliphatic rings. The molecule has 2 aromatic carbocycles. The third kappa shape index (κ3) is 22.8. The van der Waals surface area contributed by atoms with Gasteiger partial charge in [0.1, 0.15) is 16.8 Å². The highest BCUT2D eigenvalue weighted by Crippen LogP contribution is 2.24. The van der Waals surface area contributed by atoms with Crippen LogP contribution >= 0.6 is 86.9 Å². The third-order valence-electron chi connectivity index (χ3n) is 5.77. The van der Waals surface area contributed by atoms with Crippen LogP contribution in [0.2, 0.25) is 0 Å². The SMILES string of the molecule is C.C[C@](O)(CBr)C(=O)Cl.C[C@](O)(CBr)C(=O)Cl.C[C@](O)(CBr)C(=O)O.[C-]#[N+]c1cc(NC(=O)[C@@](C)(O)CBr)ccc1C.[C-]#[N+]c1ccc(N)cc1C. The number of nitrogens with one attached hydrogen (secondary N) is 1. The maximum absolute atomic E-state index is 11.7. The molecular formula is C33H44Br4Cl2N4O9. The van der Waals surface area contributed by atoms with Gasteiger partial charge in [0.2, 0.25) is 0 Å². The molecule has 1 amide bonds. The Morgan fingerprint density at radius 1 is 0.712 bits per heavy atom. The zero-order chi connectivity index (χ0) is 41.0. The van der Waals surface area contributed by atoms with Crippen molar-refractivity contribution in [3.8, 4) is 0 Å². The second-order valence-electron chi connectivity index (χ2n) is 11.2. The van der Waals surface area contributed by atoms with Crippen LogP contribution < -0.4 is 11.1 Å². The van der Waals surface area contributed by atoms with Gasteiger partial charge in [-0.05, 0) is 100 Å². The van der Waals surface area contributed by atoms with Crippen LogP contribution in [-0.2, 0) is 19.2 Å². The van der Waals surface area contributed by atoms with Crippen molar-refractivity contribution in [1.29, 1.82) is 0 Å². The minimum absolute atomic E-state index is 0. The van der Waals surface area contributed by atoms with Gasteiger partial charge in [0, 0.05) is 32.7 Å². The number of hydrogen-bond donors (Lipinski definition) is 7. The molecule has 2 aromatic rings. The molecule has 0 bridgehead atoms. The lowest BCUT2D eigenvalue weighted by Gasteiger charge is -2.19. The summed E-state index contributed by atoms with van der Waals surface area (Å²) in [7, 11) is 0. The van der Waals surface area contributed by atoms with Gasteiger partial charge in [-0.25, -0.2) is 14.5 Å². The van der Waals surface area contributed by atoms with Crippen molar-refractivity contribution in [2.75, 3.05) is 32.4 Å². The van der Waals surface area contributed by atoms with Crippen LogP contribution in [0.3, 0.4) is 0 Å². The molecule has 0 aliphatic heterocycles. The summed E-state index contributed by atoms with van der Waals surface area (Å²) < 4.78 is 0. The fourth-order valence-corrected chi connectivity index (χ4v) is 3.56. The van der Waals surface area contributed by atoms with Crippen molar-refractivity contribution < 1.29 is 44.7 Å². The number of aliphatic carboxylic acids is 1. The number of hydrogen-bond acceptors (Lipinski definition) is 9. The Hall–Kier alpha value is -2.16. The second kappa shape index (κ2) is 26.6. The number of nitrogens with two attached hydrogens (primary N) is 1. The van der Waals surface area contributed by atoms with Gasteiger partial charge in [-0.2, -0.15) is 0 Å². The lowest BCUT2D eigenvalue weighted by Crippen LogP contribution is -2.41. The van der Waals surface area contributed by atoms with Gasteiger partial charge in [0.25, 0.3) is 16.4 Å². The quantitative estimate of drug-likeness (QED) is 0.0572. The first kappa shape index (κ1) is 56.6. The van der Waals surface area contributed by atoms with Gasteiger partial charge in [-0.1, -0.05) is 83.3 Å². The van der Waals surface area contributed by atoms with Crippen molar-refractivity contribution in [1.82, 2.24) is 0 Å². The van der Waals surface area contributed by atoms with Crippen LogP contribution in [0.25, 0.3) is 9.69 Å². The summed E-state index contributed by atoms with van der Waals surface area (Å²) in [6.07, 6.45) is 0. The summed E-state index contributed by atoms with van der Waals surface area (Å²) in [5, 5.41) is 46.0. The van der Waals surface area contributed by atoms with Crippen molar-refractivity contribution in [3.63, 3.8) is 0 Å². The van der Waals surface area contributed by atoms with E-state index < -0.39 is 44.8 Å². The fraction of sp³-hybridized carbons (Fsp3) is 0.455. The predicted molar refractivity (Wildman–Crippen MR) is 222 cm³/mol. The highest BCUT2D eigenvalue weighted by atomic mass is 79.9. The van der Waals surface area contributed by atoms with Crippen molar-refractivity contribution in [2.45, 2.75) is 71.4 Å². The topological polar surface area (TPSA) is 216 Å². The van der Waals surface area contributed by atoms with Gasteiger partial charge in [0.15, 0.2) is 17.0 Å². The third-order valence-corrected chi connectivity index (χ3v) is 10.9. The lowest BCUT2D eigenvalue weighted by atomic mass is 10.1. The van der Waals surface area contributed by atoms with Gasteiger partial charge in [0.05, 0.1) is 13.1 Å². The summed E-state index contributed by atoms with van der Waals surface area (Å²) in [6, 6.07) is 10.3. The first-order valence-corrected chi connectivity index (χ1v) is 19.2. The largest absolute Gasteiger partial charge is 0.479 e. The van der Waals surface area contributed by atoms with Crippen LogP contribution in [-0.4, -0.2) is 91.6 Å². The average molecular weight is 1030 g/mol. The number of carbonyl (C=O) groups excluding carboxylic acids is 3. The fourth-order valence-electron chi connectivity index (χ4n) is 2.10. The van der Waals surface area contributed by atoms with Crippen LogP contribution in [0.5, 0.6) is 0 Å². The van der Waals surface area contributed by atoms with Gasteiger partial charge in [-0.3, -0.25) is 14.4 Å². The maximum atomic E-state index is 11.7. The van der Waals surface area contributed by atoms with Crippen LogP contribution in [0.15, 0.2) is 36.4 Å². The molecule has 19 heteroatoms. The zero-order valence-electron chi connectivity index (χ0n) is 28.4. The first-order chi connectivity index (χ1) is 23.2. The highest BCUT2D eigenvalue weighted by molar-refractivity contribution is 9.09. The van der Waals surface area contributed by atoms with Gasteiger partial charge >= 0.3 is 5.97 Å². The molecule has 292 valence electrons. The molecule has 0 fully saturated rings. The summed E-state index contributed by atoms with van der Waals surface area (Å²) in [4.78, 5) is 48.7. The molecule has 0 spiro atoms. The Morgan fingerprint density at radius 3 is 1.38 bits per heavy atom. The highest BCUT2D eigenvalue weighted by Gasteiger charge is 2.29. The number of aryl methyl sites for hydroxylation is 2. The molecule has 0 saturated carbocycles. The molecular weight excluding hydrogens is 987 g/mol. The minimum Gasteiger partial charge on any atom is -0.479 e. The first-order valence-electron chi connectivity index (χ1n) is 14.0. The number of amides is 1. The lowest BCUT2D eigenvalue weighted by molar-refractivity contribution is -0.154. The van der Waals surface area contributed by atoms with Crippen molar-refractivity contribution in [2.24, 2.45) is 0 Å². The maximum Gasteiger partial charge on any atom is 0.336 e. The smallest absolute Gasteiger partial charge is 0.336 e. The molecule has 52 heavy (non-hydrogen) atoms. The Kier molecular flexibility index (Phi) is 28.9. The Labute approximate surface area is 348 Å². The summed E-state index contributed by atoms with van der Waals surface area (Å²) in [5.74, 6) is -1.72. The van der Waals surface area contributed by atoms with Crippen LogP contribution in [0.4, 0.5) is 22.7 Å². The molecule has 4 atom stereocenters. The normalized spacial score (nSPS) is 14.2. The standard InChI is InChI=1S/C12H13BrN2O2.C8H8N2.2C4H6BrClO2.C4H7BrO3.CH4/c1-8-4-5-9(6-10(8)14-3)15-11(16)12(2,17)7-13;1-6-5-7(9)3-4-8(6)10-2;3*1-4(8,2-5)3(6)7;/h4-6,17H,7H2,1-2H3,(H,15,16);3-5H,9H2,1H3;2*8H,2H2,1H3;8H,2H2,1H3,(H,6,7);1H4/t12-;;3*4-;/m0.000./s1. The molecule has 0 unspecified atom stereocenters. The Balaban J connectivity index is -0.000000288. The predicted octanol–water partition coefficient (Wildman–Crippen LogP) is 7.41. The molecule has 0 aromatic heterocycles. The van der Waals surface area contributed by atoms with E-state index in [4.69, 9.17) is 62.5 Å². The molecule has 0 saturated heterocycles. The molecule has 0 aliphatic carbocycles. The number of nitrogens with zero attached hydrogens (tertiary/aromatic N) is 2. The number of carbonyl (C=O) groups is 4. The number of rotatable bonds is 9. The summed E-state index contributed by atoms with van der Waals surface area (Å²) >= 11 is 21.6. The van der Waals surface area contributed by atoms with Gasteiger partial charge in [-0.15, -0.1) is 0 Å². The van der Waals surface area contributed by atoms with E-state index in [0.717, 1.165) is 11.1 Å². The molecule has 2 rings (SSSR count). The van der Waals surface area contributed by atoms with E-state index in [1.807, 2.05) is 13.8 Å². The second-order valence-corrected chi connectivity index (χ2v) is 14.1. The molecule has 8 N–H and O–H groups in total. The van der Waals surface area contributed by atoms with E-state index in [1.165, 1.54) is 27.7 Å². The number of alkyl halides is 4. The monoisotopic (exact) mass is 1030 g/mol. The summed E-state index contributed by atoms with van der Waals surface area (Å²) in [5.41, 5.74) is 3.73. The number of aliphatic hydroxyl groups is 4. The van der Waals surface area contributed by atoms with E-state index in [9.17, 15) is 24.3 Å². The summed E-state index contributed by atoms with van der Waals surface area (Å²) in [6.45, 7) is 22.8. The number of nitrogen functional groups attached to an aromatic ring is 1. The van der Waals surface area contributed by atoms with E-state index >= 15 is 0 Å². The number of halogens is 6. The Bertz CT molecular complexity index is 1500. The minimum atomic E-state index is -1.62. The van der Waals surface area contributed by atoms with E-state index in [2.05, 4.69) is 78.7 Å². The Morgan fingerprint density at radius 2 is 1.12 bits per heavy atom. The molecule has 0 radical (unpaired) electrons. The zero-order valence-corrected chi connectivity index (χ0v) is 36.3. The number of carboxylic acid groups (broad SMARTS) is 1. The number of carboxylic acids is 1. The van der Waals surface area contributed by atoms with E-state index in [-0.39, 0.29) is 28.7 Å². The number of anilines is 2. The van der Waals surface area contributed by atoms with E-state index in [1.54, 1.807) is 36.4 Å². The van der Waals surface area contributed by atoms with Crippen molar-refractivity contribution >= 4 is 132 Å². The van der Waals surface area contributed by atoms with Crippen molar-refractivity contribution in [3.05, 3.63) is 70.4 Å². The molecule has 13 nitrogen and oxygen atoms in total. The van der Waals surface area contributed by atoms with Gasteiger partial charge < -0.3 is 36.6 Å². The average Bonchev–Trinajstić information content (AvgIpc) is 3.06. The van der Waals surface area contributed by atoms with Crippen LogP contribution in [0.1, 0.15) is 46.2 Å².